The molecule has 0 aliphatic heterocycles. The summed E-state index contributed by atoms with van der Waals surface area (Å²) in [5.74, 6) is 0.298. The molecule has 4 aromatic rings. The topological polar surface area (TPSA) is 115 Å². The average molecular weight is 453 g/mol. The van der Waals surface area contributed by atoms with Crippen molar-refractivity contribution in [1.82, 2.24) is 9.97 Å². The van der Waals surface area contributed by atoms with Gasteiger partial charge in [-0.05, 0) is 52.7 Å². The molecule has 0 radical (unpaired) electrons. The molecule has 1 N–H and O–H groups in total. The number of benzene rings is 2. The molecule has 144 valence electrons. The van der Waals surface area contributed by atoms with E-state index in [1.165, 1.54) is 18.3 Å². The second kappa shape index (κ2) is 7.44. The Balaban J connectivity index is 1.74. The fraction of sp³-hybridized carbons (Fsp3) is 0.0500. The minimum absolute atomic E-state index is 0.127. The van der Waals surface area contributed by atoms with Crippen molar-refractivity contribution in [3.05, 3.63) is 74.4 Å². The molecule has 0 saturated heterocycles. The van der Waals surface area contributed by atoms with Crippen LogP contribution in [0.2, 0.25) is 0 Å². The Morgan fingerprint density at radius 2 is 2.10 bits per heavy atom. The fourth-order valence-electron chi connectivity index (χ4n) is 2.83. The number of oxazole rings is 1. The summed E-state index contributed by atoms with van der Waals surface area (Å²) >= 11 is 3.12. The first-order valence-electron chi connectivity index (χ1n) is 8.46. The quantitative estimate of drug-likeness (QED) is 0.254. The van der Waals surface area contributed by atoms with E-state index in [4.69, 9.17) is 4.42 Å². The van der Waals surface area contributed by atoms with Crippen LogP contribution in [-0.4, -0.2) is 26.2 Å². The van der Waals surface area contributed by atoms with Crippen molar-refractivity contribution < 1.29 is 14.4 Å². The summed E-state index contributed by atoms with van der Waals surface area (Å²) in [6, 6.07) is 11.5. The van der Waals surface area contributed by atoms with Gasteiger partial charge in [-0.15, -0.1) is 0 Å². The molecular formula is C20H13BrN4O4. The number of aromatic nitrogens is 2. The first-order chi connectivity index (χ1) is 13.9. The Labute approximate surface area is 172 Å². The maximum absolute atomic E-state index is 11.1. The van der Waals surface area contributed by atoms with Crippen LogP contribution in [0.3, 0.4) is 0 Å². The molecule has 29 heavy (non-hydrogen) atoms. The van der Waals surface area contributed by atoms with Gasteiger partial charge < -0.3 is 9.52 Å². The zero-order valence-electron chi connectivity index (χ0n) is 15.0. The van der Waals surface area contributed by atoms with E-state index in [2.05, 4.69) is 30.9 Å². The standard InChI is InChI=1S/C20H13BrN4O4/c1-11-14(20-24-19-17(29-20)6-3-7-22-19)4-2-5-16(11)23-10-12-8-13(25(27)28)9-15(21)18(12)26/h2-10,26H,1H3. The van der Waals surface area contributed by atoms with Crippen LogP contribution >= 0.6 is 15.9 Å². The van der Waals surface area contributed by atoms with Crippen molar-refractivity contribution in [2.24, 2.45) is 4.99 Å². The lowest BCUT2D eigenvalue weighted by molar-refractivity contribution is -0.385. The summed E-state index contributed by atoms with van der Waals surface area (Å²) in [4.78, 5) is 23.5. The molecule has 0 amide bonds. The van der Waals surface area contributed by atoms with Gasteiger partial charge in [-0.3, -0.25) is 15.1 Å². The van der Waals surface area contributed by atoms with E-state index < -0.39 is 4.92 Å². The van der Waals surface area contributed by atoms with Gasteiger partial charge in [-0.1, -0.05) is 6.07 Å². The molecule has 0 bridgehead atoms. The smallest absolute Gasteiger partial charge is 0.271 e. The van der Waals surface area contributed by atoms with Gasteiger partial charge in [-0.2, -0.15) is 4.98 Å². The van der Waals surface area contributed by atoms with Crippen molar-refractivity contribution in [3.63, 3.8) is 0 Å². The van der Waals surface area contributed by atoms with Gasteiger partial charge >= 0.3 is 0 Å². The molecule has 2 aromatic heterocycles. The number of pyridine rings is 1. The highest BCUT2D eigenvalue weighted by molar-refractivity contribution is 9.10. The predicted octanol–water partition coefficient (Wildman–Crippen LogP) is 5.33. The van der Waals surface area contributed by atoms with Crippen LogP contribution in [-0.2, 0) is 0 Å². The first-order valence-corrected chi connectivity index (χ1v) is 9.26. The predicted molar refractivity (Wildman–Crippen MR) is 112 cm³/mol. The Hall–Kier alpha value is -3.59. The fourth-order valence-corrected chi connectivity index (χ4v) is 3.29. The van der Waals surface area contributed by atoms with E-state index in [9.17, 15) is 15.2 Å². The van der Waals surface area contributed by atoms with Crippen molar-refractivity contribution in [1.29, 1.82) is 0 Å². The van der Waals surface area contributed by atoms with Crippen molar-refractivity contribution >= 4 is 44.7 Å². The van der Waals surface area contributed by atoms with Crippen molar-refractivity contribution in [3.8, 4) is 17.2 Å². The normalized spacial score (nSPS) is 11.4. The lowest BCUT2D eigenvalue weighted by Gasteiger charge is -2.06. The summed E-state index contributed by atoms with van der Waals surface area (Å²) in [6.45, 7) is 1.87. The van der Waals surface area contributed by atoms with Gasteiger partial charge in [0.2, 0.25) is 5.89 Å². The lowest BCUT2D eigenvalue weighted by Crippen LogP contribution is -1.92. The highest BCUT2D eigenvalue weighted by Gasteiger charge is 2.15. The number of hydrogen-bond acceptors (Lipinski definition) is 7. The second-order valence-electron chi connectivity index (χ2n) is 6.17. The molecule has 2 heterocycles. The third kappa shape index (κ3) is 3.59. The van der Waals surface area contributed by atoms with Gasteiger partial charge in [0.1, 0.15) is 5.75 Å². The largest absolute Gasteiger partial charge is 0.506 e. The van der Waals surface area contributed by atoms with E-state index >= 15 is 0 Å². The Kier molecular flexibility index (Phi) is 4.81. The number of halogens is 1. The Bertz CT molecular complexity index is 1250. The summed E-state index contributed by atoms with van der Waals surface area (Å²) in [7, 11) is 0. The number of hydrogen-bond donors (Lipinski definition) is 1. The lowest BCUT2D eigenvalue weighted by atomic mass is 10.1. The molecule has 0 aliphatic carbocycles. The molecule has 4 rings (SSSR count). The number of phenols is 1. The molecule has 8 nitrogen and oxygen atoms in total. The molecule has 0 saturated carbocycles. The monoisotopic (exact) mass is 452 g/mol. The number of nitro groups is 1. The molecule has 2 aromatic carbocycles. The SMILES string of the molecule is Cc1c(N=Cc2cc([N+](=O)[O-])cc(Br)c2O)cccc1-c1nc2ncccc2o1. The number of aliphatic imine (C=N–C) groups is 1. The average Bonchev–Trinajstić information content (AvgIpc) is 3.13. The number of phenolic OH excluding ortho intramolecular Hbond substituents is 1. The molecule has 0 atom stereocenters. The van der Waals surface area contributed by atoms with Crippen molar-refractivity contribution in [2.45, 2.75) is 6.92 Å². The zero-order valence-corrected chi connectivity index (χ0v) is 16.6. The van der Waals surface area contributed by atoms with E-state index in [0.29, 0.717) is 22.8 Å². The third-order valence-corrected chi connectivity index (χ3v) is 4.94. The summed E-state index contributed by atoms with van der Waals surface area (Å²) < 4.78 is 6.00. The van der Waals surface area contributed by atoms with E-state index in [1.807, 2.05) is 13.0 Å². The van der Waals surface area contributed by atoms with Crippen LogP contribution in [0.4, 0.5) is 11.4 Å². The van der Waals surface area contributed by atoms with Crippen LogP contribution in [0.1, 0.15) is 11.1 Å². The van der Waals surface area contributed by atoms with E-state index in [1.54, 1.807) is 30.5 Å². The highest BCUT2D eigenvalue weighted by Crippen LogP contribution is 2.34. The van der Waals surface area contributed by atoms with Crippen LogP contribution in [0.15, 0.2) is 62.5 Å². The third-order valence-electron chi connectivity index (χ3n) is 4.33. The number of aromatic hydroxyl groups is 1. The molecule has 9 heteroatoms. The highest BCUT2D eigenvalue weighted by atomic mass is 79.9. The second-order valence-corrected chi connectivity index (χ2v) is 7.03. The molecule has 0 spiro atoms. The summed E-state index contributed by atoms with van der Waals surface area (Å²) in [6.07, 6.45) is 3.03. The van der Waals surface area contributed by atoms with Crippen LogP contribution in [0, 0.1) is 17.0 Å². The van der Waals surface area contributed by atoms with Crippen LogP contribution in [0.5, 0.6) is 5.75 Å². The molecule has 0 unspecified atom stereocenters. The Morgan fingerprint density at radius 3 is 2.86 bits per heavy atom. The molecule has 0 aliphatic rings. The van der Waals surface area contributed by atoms with E-state index in [-0.39, 0.29) is 21.5 Å². The number of fused-ring (bicyclic) bond motifs is 1. The minimum Gasteiger partial charge on any atom is -0.506 e. The van der Waals surface area contributed by atoms with Gasteiger partial charge in [0.15, 0.2) is 11.2 Å². The maximum Gasteiger partial charge on any atom is 0.271 e. The van der Waals surface area contributed by atoms with Gasteiger partial charge in [0.05, 0.1) is 15.1 Å². The minimum atomic E-state index is -0.533. The van der Waals surface area contributed by atoms with Crippen LogP contribution in [0.25, 0.3) is 22.7 Å². The zero-order chi connectivity index (χ0) is 20.5. The number of nitrogens with zero attached hydrogens (tertiary/aromatic N) is 4. The number of rotatable bonds is 4. The number of nitro benzene ring substituents is 1. The summed E-state index contributed by atoms with van der Waals surface area (Å²) in [5, 5.41) is 21.2. The van der Waals surface area contributed by atoms with Crippen LogP contribution < -0.4 is 0 Å². The van der Waals surface area contributed by atoms with Gasteiger partial charge in [0.25, 0.3) is 5.69 Å². The van der Waals surface area contributed by atoms with Crippen molar-refractivity contribution in [2.75, 3.05) is 0 Å². The maximum atomic E-state index is 11.1. The molecular weight excluding hydrogens is 440 g/mol. The number of non-ortho nitro benzene ring substituents is 1. The first kappa shape index (κ1) is 18.8. The van der Waals surface area contributed by atoms with Gasteiger partial charge in [0, 0.05) is 35.7 Å². The van der Waals surface area contributed by atoms with E-state index in [0.717, 1.165) is 11.1 Å². The summed E-state index contributed by atoms with van der Waals surface area (Å²) in [5.41, 5.74) is 3.34. The Morgan fingerprint density at radius 1 is 1.28 bits per heavy atom. The van der Waals surface area contributed by atoms with Gasteiger partial charge in [-0.25, -0.2) is 4.98 Å². The molecule has 0 fully saturated rings.